The lowest BCUT2D eigenvalue weighted by Gasteiger charge is -2.04. The molecule has 0 unspecified atom stereocenters. The van der Waals surface area contributed by atoms with Gasteiger partial charge in [0.2, 0.25) is 0 Å². The minimum Gasteiger partial charge on any atom is -0.411 e. The van der Waals surface area contributed by atoms with Crippen molar-refractivity contribution in [3.63, 3.8) is 0 Å². The van der Waals surface area contributed by atoms with Crippen LogP contribution < -0.4 is 0 Å². The van der Waals surface area contributed by atoms with Gasteiger partial charge in [0.15, 0.2) is 0 Å². The molecule has 0 saturated heterocycles. The average Bonchev–Trinajstić information content (AvgIpc) is 2.42. The first kappa shape index (κ1) is 14.7. The standard InChI is InChI=1S/C16H25NO/c1-3-4-5-6-7-8-9-15-10-12-16(13-11-15)14(2)17-18/h10-13,18H,3-9H2,1-2H3/b17-14-. The predicted molar refractivity (Wildman–Crippen MR) is 77.5 cm³/mol. The molecule has 0 radical (unpaired) electrons. The zero-order chi connectivity index (χ0) is 13.2. The zero-order valence-corrected chi connectivity index (χ0v) is 11.7. The van der Waals surface area contributed by atoms with Gasteiger partial charge in [0.05, 0.1) is 5.71 Å². The van der Waals surface area contributed by atoms with Crippen molar-refractivity contribution < 1.29 is 5.21 Å². The van der Waals surface area contributed by atoms with Gasteiger partial charge in [-0.25, -0.2) is 0 Å². The smallest absolute Gasteiger partial charge is 0.0836 e. The number of rotatable bonds is 8. The van der Waals surface area contributed by atoms with E-state index in [9.17, 15) is 0 Å². The van der Waals surface area contributed by atoms with Crippen LogP contribution in [0.25, 0.3) is 0 Å². The number of hydrogen-bond donors (Lipinski definition) is 1. The molecule has 0 saturated carbocycles. The molecule has 1 aromatic rings. The Bertz CT molecular complexity index is 354. The van der Waals surface area contributed by atoms with Crippen LogP contribution >= 0.6 is 0 Å². The van der Waals surface area contributed by atoms with Gasteiger partial charge in [-0.1, -0.05) is 68.4 Å². The summed E-state index contributed by atoms with van der Waals surface area (Å²) in [5.74, 6) is 0. The highest BCUT2D eigenvalue weighted by Crippen LogP contribution is 2.11. The summed E-state index contributed by atoms with van der Waals surface area (Å²) in [7, 11) is 0. The van der Waals surface area contributed by atoms with Crippen LogP contribution in [0.1, 0.15) is 63.5 Å². The summed E-state index contributed by atoms with van der Waals surface area (Å²) in [5, 5.41) is 11.9. The van der Waals surface area contributed by atoms with Crippen LogP contribution in [0.3, 0.4) is 0 Å². The molecule has 0 aliphatic rings. The molecular weight excluding hydrogens is 222 g/mol. The molecule has 2 heteroatoms. The summed E-state index contributed by atoms with van der Waals surface area (Å²) in [6.45, 7) is 4.06. The minimum atomic E-state index is 0.668. The molecule has 0 heterocycles. The van der Waals surface area contributed by atoms with Gasteiger partial charge in [0.1, 0.15) is 0 Å². The Morgan fingerprint density at radius 2 is 1.61 bits per heavy atom. The van der Waals surface area contributed by atoms with Crippen molar-refractivity contribution in [1.82, 2.24) is 0 Å². The Labute approximate surface area is 111 Å². The van der Waals surface area contributed by atoms with E-state index >= 15 is 0 Å². The number of aryl methyl sites for hydroxylation is 1. The van der Waals surface area contributed by atoms with Crippen molar-refractivity contribution in [3.05, 3.63) is 35.4 Å². The van der Waals surface area contributed by atoms with Crippen molar-refractivity contribution in [2.24, 2.45) is 5.16 Å². The third kappa shape index (κ3) is 5.35. The summed E-state index contributed by atoms with van der Waals surface area (Å²) in [6.07, 6.45) is 9.18. The first-order chi connectivity index (χ1) is 8.77. The number of benzene rings is 1. The summed E-state index contributed by atoms with van der Waals surface area (Å²) >= 11 is 0. The molecular formula is C16H25NO. The zero-order valence-electron chi connectivity index (χ0n) is 11.7. The van der Waals surface area contributed by atoms with Crippen molar-refractivity contribution >= 4 is 5.71 Å². The lowest BCUT2D eigenvalue weighted by atomic mass is 10.0. The quantitative estimate of drug-likeness (QED) is 0.305. The monoisotopic (exact) mass is 247 g/mol. The van der Waals surface area contributed by atoms with Gasteiger partial charge in [-0.2, -0.15) is 0 Å². The number of oxime groups is 1. The lowest BCUT2D eigenvalue weighted by Crippen LogP contribution is -1.95. The molecule has 0 spiro atoms. The van der Waals surface area contributed by atoms with Gasteiger partial charge in [0.25, 0.3) is 0 Å². The normalized spacial score (nSPS) is 11.8. The largest absolute Gasteiger partial charge is 0.411 e. The topological polar surface area (TPSA) is 32.6 Å². The van der Waals surface area contributed by atoms with E-state index in [-0.39, 0.29) is 0 Å². The van der Waals surface area contributed by atoms with E-state index in [0.717, 1.165) is 12.0 Å². The molecule has 0 aromatic heterocycles. The van der Waals surface area contributed by atoms with E-state index in [1.54, 1.807) is 0 Å². The van der Waals surface area contributed by atoms with E-state index in [2.05, 4.69) is 24.2 Å². The average molecular weight is 247 g/mol. The highest BCUT2D eigenvalue weighted by molar-refractivity contribution is 5.98. The molecule has 0 bridgehead atoms. The summed E-state index contributed by atoms with van der Waals surface area (Å²) < 4.78 is 0. The molecule has 1 aromatic carbocycles. The molecule has 0 amide bonds. The van der Waals surface area contributed by atoms with Crippen LogP contribution in [-0.4, -0.2) is 10.9 Å². The van der Waals surface area contributed by atoms with Crippen LogP contribution in [0.4, 0.5) is 0 Å². The molecule has 0 atom stereocenters. The predicted octanol–water partition coefficient (Wildman–Crippen LogP) is 4.79. The maximum atomic E-state index is 8.69. The van der Waals surface area contributed by atoms with Gasteiger partial charge >= 0.3 is 0 Å². The maximum absolute atomic E-state index is 8.69. The lowest BCUT2D eigenvalue weighted by molar-refractivity contribution is 0.319. The fourth-order valence-electron chi connectivity index (χ4n) is 2.08. The second kappa shape index (κ2) is 8.73. The molecule has 0 aliphatic heterocycles. The van der Waals surface area contributed by atoms with Crippen LogP contribution in [-0.2, 0) is 6.42 Å². The van der Waals surface area contributed by atoms with Gasteiger partial charge in [0, 0.05) is 0 Å². The van der Waals surface area contributed by atoms with E-state index in [0.29, 0.717) is 5.71 Å². The highest BCUT2D eigenvalue weighted by atomic mass is 16.4. The third-order valence-corrected chi connectivity index (χ3v) is 3.34. The molecule has 1 N–H and O–H groups in total. The van der Waals surface area contributed by atoms with Crippen LogP contribution in [0.2, 0.25) is 0 Å². The Kier molecular flexibility index (Phi) is 7.16. The Balaban J connectivity index is 2.27. The molecule has 18 heavy (non-hydrogen) atoms. The van der Waals surface area contributed by atoms with Gasteiger partial charge in [-0.15, -0.1) is 0 Å². The van der Waals surface area contributed by atoms with E-state index in [4.69, 9.17) is 5.21 Å². The van der Waals surface area contributed by atoms with Crippen LogP contribution in [0, 0.1) is 0 Å². The van der Waals surface area contributed by atoms with Gasteiger partial charge < -0.3 is 5.21 Å². The fourth-order valence-corrected chi connectivity index (χ4v) is 2.08. The van der Waals surface area contributed by atoms with Crippen molar-refractivity contribution in [1.29, 1.82) is 0 Å². The van der Waals surface area contributed by atoms with E-state index < -0.39 is 0 Å². The highest BCUT2D eigenvalue weighted by Gasteiger charge is 1.98. The van der Waals surface area contributed by atoms with Gasteiger partial charge in [-0.05, 0) is 30.9 Å². The SMILES string of the molecule is CCCCCCCCc1ccc(/C(C)=N\O)cc1. The van der Waals surface area contributed by atoms with Crippen molar-refractivity contribution in [3.8, 4) is 0 Å². The molecule has 0 fully saturated rings. The first-order valence-electron chi connectivity index (χ1n) is 7.06. The number of unbranched alkanes of at least 4 members (excludes halogenated alkanes) is 5. The molecule has 1 rings (SSSR count). The van der Waals surface area contributed by atoms with Gasteiger partial charge in [-0.3, -0.25) is 0 Å². The summed E-state index contributed by atoms with van der Waals surface area (Å²) in [5.41, 5.74) is 3.03. The summed E-state index contributed by atoms with van der Waals surface area (Å²) in [4.78, 5) is 0. The molecule has 100 valence electrons. The third-order valence-electron chi connectivity index (χ3n) is 3.34. The maximum Gasteiger partial charge on any atom is 0.0836 e. The summed E-state index contributed by atoms with van der Waals surface area (Å²) in [6, 6.07) is 8.33. The molecule has 0 aliphatic carbocycles. The Morgan fingerprint density at radius 3 is 2.22 bits per heavy atom. The second-order valence-corrected chi connectivity index (χ2v) is 4.90. The van der Waals surface area contributed by atoms with E-state index in [1.807, 2.05) is 19.1 Å². The molecule has 2 nitrogen and oxygen atoms in total. The van der Waals surface area contributed by atoms with Crippen molar-refractivity contribution in [2.75, 3.05) is 0 Å². The second-order valence-electron chi connectivity index (χ2n) is 4.90. The number of hydrogen-bond acceptors (Lipinski definition) is 2. The van der Waals surface area contributed by atoms with E-state index in [1.165, 1.54) is 44.1 Å². The van der Waals surface area contributed by atoms with Crippen molar-refractivity contribution in [2.45, 2.75) is 58.8 Å². The van der Waals surface area contributed by atoms with Crippen LogP contribution in [0.5, 0.6) is 0 Å². The minimum absolute atomic E-state index is 0.668. The fraction of sp³-hybridized carbons (Fsp3) is 0.562. The van der Waals surface area contributed by atoms with Crippen LogP contribution in [0.15, 0.2) is 29.4 Å². The number of nitrogens with zero attached hydrogens (tertiary/aromatic N) is 1. The first-order valence-corrected chi connectivity index (χ1v) is 7.06. The Morgan fingerprint density at radius 1 is 1.00 bits per heavy atom. The Hall–Kier alpha value is -1.31.